The van der Waals surface area contributed by atoms with Gasteiger partial charge in [0, 0.05) is 79.7 Å². The van der Waals surface area contributed by atoms with Crippen molar-refractivity contribution in [2.75, 3.05) is 52.3 Å². The number of nitrogens with zero attached hydrogens (tertiary/aromatic N) is 3. The third kappa shape index (κ3) is 4.03. The summed E-state index contributed by atoms with van der Waals surface area (Å²) in [7, 11) is 5.20. The second-order valence-electron chi connectivity index (χ2n) is 15.5. The van der Waals surface area contributed by atoms with Gasteiger partial charge in [0.2, 0.25) is 0 Å². The summed E-state index contributed by atoms with van der Waals surface area (Å²) in [6.07, 6.45) is 6.31. The van der Waals surface area contributed by atoms with Gasteiger partial charge in [0.1, 0.15) is 11.7 Å². The molecule has 262 valence electrons. The van der Waals surface area contributed by atoms with Gasteiger partial charge in [-0.15, -0.1) is 0 Å². The number of nitrogens with one attached hydrogen (secondary N) is 1. The summed E-state index contributed by atoms with van der Waals surface area (Å²) in [5.41, 5.74) is 5.68. The Balaban J connectivity index is 1.28. The lowest BCUT2D eigenvalue weighted by Crippen LogP contribution is -2.63. The first-order valence-corrected chi connectivity index (χ1v) is 18.0. The smallest absolute Gasteiger partial charge is 0.315 e. The number of methoxy groups -OCH3 is 2. The van der Waals surface area contributed by atoms with Crippen LogP contribution in [0.25, 0.3) is 10.9 Å². The number of hydrogen-bond donors (Lipinski definition) is 2. The fourth-order valence-electron chi connectivity index (χ4n) is 11.5. The average molecular weight is 679 g/mol. The van der Waals surface area contributed by atoms with Gasteiger partial charge >= 0.3 is 11.9 Å². The van der Waals surface area contributed by atoms with Crippen LogP contribution in [0.4, 0.5) is 5.69 Å². The van der Waals surface area contributed by atoms with Crippen LogP contribution in [0.1, 0.15) is 67.3 Å². The highest BCUT2D eigenvalue weighted by Gasteiger charge is 2.69. The number of aliphatic hydroxyl groups excluding tert-OH is 1. The second-order valence-corrected chi connectivity index (χ2v) is 15.5. The molecular formula is C40H46N4O6. The van der Waals surface area contributed by atoms with Crippen molar-refractivity contribution in [1.82, 2.24) is 14.8 Å². The molecule has 10 heteroatoms. The van der Waals surface area contributed by atoms with E-state index in [1.165, 1.54) is 14.0 Å². The second kappa shape index (κ2) is 11.1. The van der Waals surface area contributed by atoms with E-state index in [0.717, 1.165) is 102 Å². The Morgan fingerprint density at radius 1 is 1.10 bits per heavy atom. The van der Waals surface area contributed by atoms with E-state index in [-0.39, 0.29) is 29.6 Å². The number of benzene rings is 2. The van der Waals surface area contributed by atoms with E-state index in [4.69, 9.17) is 14.2 Å². The molecule has 2 aromatic carbocycles. The SMILES string of the molecule is COC(=O)[C@H]1c2[nH]c3ccccc3c2CN2CCCC(C2)[C@@H]1c1ccc2c(c1OC)N(C)C1=C(O)[C@H](OC(C)=O)[C@]3(C)C=CCN4CC[C@@]12[C@@H]43. The zero-order valence-electron chi connectivity index (χ0n) is 29.5. The Morgan fingerprint density at radius 3 is 2.70 bits per heavy atom. The van der Waals surface area contributed by atoms with Crippen LogP contribution in [-0.2, 0) is 31.0 Å². The molecule has 1 aliphatic carbocycles. The Bertz CT molecular complexity index is 2000. The lowest BCUT2D eigenvalue weighted by molar-refractivity contribution is -0.155. The molecule has 10 nitrogen and oxygen atoms in total. The van der Waals surface area contributed by atoms with Crippen LogP contribution in [0, 0.1) is 11.3 Å². The minimum absolute atomic E-state index is 0.0421. The van der Waals surface area contributed by atoms with Crippen LogP contribution in [0.2, 0.25) is 0 Å². The summed E-state index contributed by atoms with van der Waals surface area (Å²) in [6, 6.07) is 12.7. The fraction of sp³-hybridized carbons (Fsp3) is 0.500. The quantitative estimate of drug-likeness (QED) is 0.274. The summed E-state index contributed by atoms with van der Waals surface area (Å²) >= 11 is 0. The Hall–Kier alpha value is -4.28. The first kappa shape index (κ1) is 31.7. The Labute approximate surface area is 292 Å². The minimum Gasteiger partial charge on any atom is -0.507 e. The van der Waals surface area contributed by atoms with E-state index in [2.05, 4.69) is 69.1 Å². The summed E-state index contributed by atoms with van der Waals surface area (Å²) in [5.74, 6) is -0.482. The third-order valence-electron chi connectivity index (χ3n) is 13.1. The van der Waals surface area contributed by atoms with Gasteiger partial charge in [-0.3, -0.25) is 19.4 Å². The van der Waals surface area contributed by atoms with Gasteiger partial charge in [0.25, 0.3) is 0 Å². The van der Waals surface area contributed by atoms with E-state index < -0.39 is 28.8 Å². The van der Waals surface area contributed by atoms with Gasteiger partial charge < -0.3 is 29.2 Å². The van der Waals surface area contributed by atoms with Gasteiger partial charge in [-0.25, -0.2) is 0 Å². The average Bonchev–Trinajstić information content (AvgIpc) is 3.75. The van der Waals surface area contributed by atoms with E-state index in [1.807, 2.05) is 13.1 Å². The number of piperidine rings is 1. The highest BCUT2D eigenvalue weighted by Crippen LogP contribution is 2.67. The zero-order chi connectivity index (χ0) is 34.7. The van der Waals surface area contributed by atoms with Gasteiger partial charge in [0.05, 0.1) is 31.0 Å². The van der Waals surface area contributed by atoms with Crippen molar-refractivity contribution in [2.24, 2.45) is 11.3 Å². The number of aromatic amines is 1. The normalized spacial score (nSPS) is 34.0. The maximum absolute atomic E-state index is 14.2. The summed E-state index contributed by atoms with van der Waals surface area (Å²) in [5, 5.41) is 13.4. The molecule has 2 N–H and O–H groups in total. The summed E-state index contributed by atoms with van der Waals surface area (Å²) < 4.78 is 18.1. The first-order chi connectivity index (χ1) is 24.1. The van der Waals surface area contributed by atoms with Crippen LogP contribution in [0.3, 0.4) is 0 Å². The van der Waals surface area contributed by atoms with Crippen molar-refractivity contribution in [3.05, 3.63) is 82.4 Å². The predicted octanol–water partition coefficient (Wildman–Crippen LogP) is 5.50. The standard InChI is InChI=1S/C40H46N4O6/c1-22(45)50-36-33(46)35-40(16-19-44-18-9-15-39(36,2)38(40)44)27-14-13-25(34(48-4)32(27)42(35)3)29-23-10-8-17-43(20-23)21-26-24-11-6-7-12-28(24)41-31(26)30(29)37(47)49-5/h6-7,9,11-15,23,29-30,36,38,41,46H,8,10,16-21H2,1-5H3/t23?,29-,30-,36+,38+,39+,40+/m1/s1. The van der Waals surface area contributed by atoms with Gasteiger partial charge in [-0.2, -0.15) is 0 Å². The molecule has 6 aliphatic rings. The van der Waals surface area contributed by atoms with E-state index >= 15 is 0 Å². The van der Waals surface area contributed by atoms with Crippen molar-refractivity contribution in [1.29, 1.82) is 0 Å². The maximum atomic E-state index is 14.2. The highest BCUT2D eigenvalue weighted by molar-refractivity contribution is 5.89. The molecule has 50 heavy (non-hydrogen) atoms. The van der Waals surface area contributed by atoms with Crippen molar-refractivity contribution in [2.45, 2.75) is 69.1 Å². The molecule has 0 amide bonds. The number of likely N-dealkylation sites (N-methyl/N-ethyl adjacent to an activating group) is 1. The molecule has 0 saturated carbocycles. The van der Waals surface area contributed by atoms with Crippen LogP contribution in [0.5, 0.6) is 5.75 Å². The number of carbonyl (C=O) groups excluding carboxylic acids is 2. The van der Waals surface area contributed by atoms with Gasteiger partial charge in [0.15, 0.2) is 11.9 Å². The van der Waals surface area contributed by atoms with E-state index in [9.17, 15) is 14.7 Å². The van der Waals surface area contributed by atoms with Crippen molar-refractivity contribution < 1.29 is 28.9 Å². The number of aliphatic hydroxyl groups is 1. The van der Waals surface area contributed by atoms with E-state index in [0.29, 0.717) is 0 Å². The molecule has 9 rings (SSSR count). The zero-order valence-corrected chi connectivity index (χ0v) is 29.5. The van der Waals surface area contributed by atoms with Crippen molar-refractivity contribution in [3.63, 3.8) is 0 Å². The van der Waals surface area contributed by atoms with Crippen LogP contribution < -0.4 is 9.64 Å². The molecule has 1 aromatic heterocycles. The molecular weight excluding hydrogens is 632 g/mol. The number of aromatic nitrogens is 1. The molecule has 3 aromatic rings. The summed E-state index contributed by atoms with van der Waals surface area (Å²) in [6.45, 7) is 7.83. The number of esters is 2. The monoisotopic (exact) mass is 678 g/mol. The number of hydrogen-bond acceptors (Lipinski definition) is 9. The van der Waals surface area contributed by atoms with Crippen LogP contribution >= 0.6 is 0 Å². The number of para-hydroxylation sites is 1. The molecule has 2 unspecified atom stereocenters. The highest BCUT2D eigenvalue weighted by atomic mass is 16.6. The Kier molecular flexibility index (Phi) is 7.04. The maximum Gasteiger partial charge on any atom is 0.315 e. The largest absolute Gasteiger partial charge is 0.507 e. The number of carbonyl (C=O) groups is 2. The number of fused-ring (bicyclic) bond motifs is 6. The van der Waals surface area contributed by atoms with Crippen LogP contribution in [-0.4, -0.2) is 91.4 Å². The molecule has 5 aliphatic heterocycles. The first-order valence-electron chi connectivity index (χ1n) is 18.0. The summed E-state index contributed by atoms with van der Waals surface area (Å²) in [4.78, 5) is 37.5. The number of anilines is 1. The molecule has 1 spiro atoms. The lowest BCUT2D eigenvalue weighted by Gasteiger charge is -2.54. The molecule has 2 fully saturated rings. The lowest BCUT2D eigenvalue weighted by atomic mass is 9.56. The molecule has 0 radical (unpaired) electrons. The molecule has 2 bridgehead atoms. The Morgan fingerprint density at radius 2 is 1.92 bits per heavy atom. The van der Waals surface area contributed by atoms with Crippen molar-refractivity contribution >= 4 is 28.5 Å². The van der Waals surface area contributed by atoms with Crippen LogP contribution in [0.15, 0.2) is 60.0 Å². The topological polar surface area (TPSA) is 108 Å². The van der Waals surface area contributed by atoms with Crippen molar-refractivity contribution in [3.8, 4) is 5.75 Å². The van der Waals surface area contributed by atoms with Gasteiger partial charge in [-0.05, 0) is 48.9 Å². The van der Waals surface area contributed by atoms with E-state index in [1.54, 1.807) is 7.11 Å². The minimum atomic E-state index is -0.824. The van der Waals surface area contributed by atoms with Gasteiger partial charge in [-0.1, -0.05) is 49.4 Å². The number of H-pyrrole nitrogens is 1. The third-order valence-corrected chi connectivity index (χ3v) is 13.1. The fourth-order valence-corrected chi connectivity index (χ4v) is 11.5. The molecule has 2 saturated heterocycles. The predicted molar refractivity (Wildman–Crippen MR) is 189 cm³/mol. The number of rotatable bonds is 4. The number of ether oxygens (including phenoxy) is 3. The molecule has 6 heterocycles. The molecule has 8 atom stereocenters.